The second-order valence-electron chi connectivity index (χ2n) is 6.42. The lowest BCUT2D eigenvalue weighted by atomic mass is 9.83. The fourth-order valence-electron chi connectivity index (χ4n) is 2.60. The molecule has 0 fully saturated rings. The van der Waals surface area contributed by atoms with E-state index in [-0.39, 0.29) is 11.9 Å². The van der Waals surface area contributed by atoms with Gasteiger partial charge in [0.15, 0.2) is 11.5 Å². The molecule has 5 heteroatoms. The highest BCUT2D eigenvalue weighted by Crippen LogP contribution is 2.33. The Hall–Kier alpha value is -2.53. The van der Waals surface area contributed by atoms with E-state index in [1.54, 1.807) is 20.3 Å². The van der Waals surface area contributed by atoms with Crippen molar-refractivity contribution in [1.29, 1.82) is 0 Å². The first-order chi connectivity index (χ1) is 11.9. The van der Waals surface area contributed by atoms with Crippen LogP contribution in [-0.2, 0) is 10.2 Å². The summed E-state index contributed by atoms with van der Waals surface area (Å²) in [6, 6.07) is 15.0. The number of hydrogen-bond donors (Lipinski definition) is 2. The summed E-state index contributed by atoms with van der Waals surface area (Å²) in [6.45, 7) is 4.12. The van der Waals surface area contributed by atoms with Gasteiger partial charge in [-0.25, -0.2) is 0 Å². The van der Waals surface area contributed by atoms with E-state index in [0.717, 1.165) is 11.1 Å². The van der Waals surface area contributed by atoms with Gasteiger partial charge in [-0.15, -0.1) is 0 Å². The maximum absolute atomic E-state index is 12.7. The van der Waals surface area contributed by atoms with Crippen LogP contribution in [0.2, 0.25) is 0 Å². The molecule has 0 aliphatic rings. The minimum absolute atomic E-state index is 0.0916. The Morgan fingerprint density at radius 1 is 1.08 bits per heavy atom. The van der Waals surface area contributed by atoms with Crippen molar-refractivity contribution in [2.24, 2.45) is 5.73 Å². The van der Waals surface area contributed by atoms with Crippen molar-refractivity contribution in [2.75, 3.05) is 20.8 Å². The maximum Gasteiger partial charge on any atom is 0.230 e. The molecule has 5 nitrogen and oxygen atoms in total. The molecular weight excluding hydrogens is 316 g/mol. The third-order valence-electron chi connectivity index (χ3n) is 4.38. The predicted molar refractivity (Wildman–Crippen MR) is 99.0 cm³/mol. The molecule has 0 aliphatic heterocycles. The van der Waals surface area contributed by atoms with E-state index < -0.39 is 5.41 Å². The van der Waals surface area contributed by atoms with Crippen LogP contribution in [0.25, 0.3) is 0 Å². The number of rotatable bonds is 7. The summed E-state index contributed by atoms with van der Waals surface area (Å²) in [6.07, 6.45) is 0. The molecule has 0 radical (unpaired) electrons. The lowest BCUT2D eigenvalue weighted by Crippen LogP contribution is -2.42. The van der Waals surface area contributed by atoms with Crippen LogP contribution in [0.4, 0.5) is 0 Å². The Balaban J connectivity index is 2.09. The summed E-state index contributed by atoms with van der Waals surface area (Å²) >= 11 is 0. The minimum Gasteiger partial charge on any atom is -0.493 e. The van der Waals surface area contributed by atoms with Crippen molar-refractivity contribution in [3.8, 4) is 11.5 Å². The topological polar surface area (TPSA) is 73.6 Å². The monoisotopic (exact) mass is 342 g/mol. The highest BCUT2D eigenvalue weighted by Gasteiger charge is 2.30. The van der Waals surface area contributed by atoms with Crippen LogP contribution in [0.3, 0.4) is 0 Å². The van der Waals surface area contributed by atoms with E-state index in [2.05, 4.69) is 5.32 Å². The van der Waals surface area contributed by atoms with Crippen LogP contribution >= 0.6 is 0 Å². The molecule has 0 bridgehead atoms. The van der Waals surface area contributed by atoms with Crippen molar-refractivity contribution in [2.45, 2.75) is 25.3 Å². The number of nitrogens with one attached hydrogen (secondary N) is 1. The average Bonchev–Trinajstić information content (AvgIpc) is 2.65. The van der Waals surface area contributed by atoms with Crippen molar-refractivity contribution >= 4 is 5.91 Å². The first-order valence-electron chi connectivity index (χ1n) is 8.21. The zero-order chi connectivity index (χ0) is 18.4. The molecule has 2 aromatic rings. The van der Waals surface area contributed by atoms with E-state index in [4.69, 9.17) is 15.2 Å². The molecule has 25 heavy (non-hydrogen) atoms. The first-order valence-corrected chi connectivity index (χ1v) is 8.21. The van der Waals surface area contributed by atoms with Gasteiger partial charge < -0.3 is 20.5 Å². The molecule has 2 aromatic carbocycles. The van der Waals surface area contributed by atoms with Gasteiger partial charge in [0, 0.05) is 12.6 Å². The van der Waals surface area contributed by atoms with Gasteiger partial charge in [-0.2, -0.15) is 0 Å². The Morgan fingerprint density at radius 3 is 2.32 bits per heavy atom. The molecule has 3 N–H and O–H groups in total. The minimum atomic E-state index is -0.726. The number of nitrogens with two attached hydrogens (primary N) is 1. The van der Waals surface area contributed by atoms with Crippen LogP contribution in [0.1, 0.15) is 31.0 Å². The highest BCUT2D eigenvalue weighted by molar-refractivity contribution is 5.87. The molecule has 1 atom stereocenters. The Bertz CT molecular complexity index is 714. The average molecular weight is 342 g/mol. The molecule has 1 unspecified atom stereocenters. The molecule has 0 saturated heterocycles. The molecule has 2 rings (SSSR count). The van der Waals surface area contributed by atoms with Gasteiger partial charge >= 0.3 is 0 Å². The summed E-state index contributed by atoms with van der Waals surface area (Å²) in [7, 11) is 3.16. The van der Waals surface area contributed by atoms with Gasteiger partial charge in [-0.05, 0) is 37.1 Å². The molecule has 0 aliphatic carbocycles. The zero-order valence-corrected chi connectivity index (χ0v) is 15.2. The Morgan fingerprint density at radius 2 is 1.72 bits per heavy atom. The fraction of sp³-hybridized carbons (Fsp3) is 0.350. The van der Waals surface area contributed by atoms with Crippen LogP contribution in [0.5, 0.6) is 11.5 Å². The summed E-state index contributed by atoms with van der Waals surface area (Å²) in [4.78, 5) is 12.7. The molecule has 0 aromatic heterocycles. The largest absolute Gasteiger partial charge is 0.493 e. The predicted octanol–water partition coefficient (Wildman–Crippen LogP) is 2.80. The normalized spacial score (nSPS) is 12.4. The van der Waals surface area contributed by atoms with Gasteiger partial charge in [0.05, 0.1) is 19.6 Å². The molecule has 0 spiro atoms. The summed E-state index contributed by atoms with van der Waals surface area (Å²) in [5, 5.41) is 2.95. The van der Waals surface area contributed by atoms with E-state index in [1.165, 1.54) is 0 Å². The van der Waals surface area contributed by atoms with Gasteiger partial charge in [-0.3, -0.25) is 4.79 Å². The number of ether oxygens (including phenoxy) is 2. The second-order valence-corrected chi connectivity index (χ2v) is 6.42. The number of methoxy groups -OCH3 is 2. The smallest absolute Gasteiger partial charge is 0.230 e. The van der Waals surface area contributed by atoms with E-state index >= 15 is 0 Å². The number of benzene rings is 2. The van der Waals surface area contributed by atoms with Crippen LogP contribution in [0.15, 0.2) is 48.5 Å². The summed E-state index contributed by atoms with van der Waals surface area (Å²) < 4.78 is 10.6. The number of carbonyl (C=O) groups excluding carboxylic acids is 1. The van der Waals surface area contributed by atoms with Gasteiger partial charge in [0.1, 0.15) is 0 Å². The third-order valence-corrected chi connectivity index (χ3v) is 4.38. The fourth-order valence-corrected chi connectivity index (χ4v) is 2.60. The Labute approximate surface area is 149 Å². The number of hydrogen-bond acceptors (Lipinski definition) is 4. The molecule has 0 saturated carbocycles. The first kappa shape index (κ1) is 18.8. The van der Waals surface area contributed by atoms with Crippen LogP contribution in [0, 0.1) is 0 Å². The second kappa shape index (κ2) is 8.03. The van der Waals surface area contributed by atoms with Gasteiger partial charge in [0.2, 0.25) is 5.91 Å². The maximum atomic E-state index is 12.7. The van der Waals surface area contributed by atoms with Crippen molar-refractivity contribution < 1.29 is 14.3 Å². The van der Waals surface area contributed by atoms with Crippen molar-refractivity contribution in [3.63, 3.8) is 0 Å². The molecule has 134 valence electrons. The zero-order valence-electron chi connectivity index (χ0n) is 15.2. The van der Waals surface area contributed by atoms with Gasteiger partial charge in [0.25, 0.3) is 0 Å². The SMILES string of the molecule is COc1ccc(C(C)(C)C(=O)NCC(N)c2ccccc2)cc1OC. The third kappa shape index (κ3) is 4.31. The molecular formula is C20H26N2O3. The van der Waals surface area contributed by atoms with Crippen LogP contribution < -0.4 is 20.5 Å². The standard InChI is InChI=1S/C20H26N2O3/c1-20(2,15-10-11-17(24-3)18(12-15)25-4)19(23)22-13-16(21)14-8-6-5-7-9-14/h5-12,16H,13,21H2,1-4H3,(H,22,23). The van der Waals surface area contributed by atoms with E-state index in [1.807, 2.05) is 56.3 Å². The Kier molecular flexibility index (Phi) is 6.04. The lowest BCUT2D eigenvalue weighted by Gasteiger charge is -2.26. The van der Waals surface area contributed by atoms with Crippen LogP contribution in [-0.4, -0.2) is 26.7 Å². The van der Waals surface area contributed by atoms with Gasteiger partial charge in [-0.1, -0.05) is 36.4 Å². The summed E-state index contributed by atoms with van der Waals surface area (Å²) in [5.41, 5.74) is 7.27. The molecule has 0 heterocycles. The number of carbonyl (C=O) groups is 1. The lowest BCUT2D eigenvalue weighted by molar-refractivity contribution is -0.125. The number of amides is 1. The van der Waals surface area contributed by atoms with Crippen molar-refractivity contribution in [1.82, 2.24) is 5.32 Å². The summed E-state index contributed by atoms with van der Waals surface area (Å²) in [5.74, 6) is 1.14. The highest BCUT2D eigenvalue weighted by atomic mass is 16.5. The van der Waals surface area contributed by atoms with E-state index in [9.17, 15) is 4.79 Å². The van der Waals surface area contributed by atoms with E-state index in [0.29, 0.717) is 18.0 Å². The quantitative estimate of drug-likeness (QED) is 0.811. The molecule has 1 amide bonds. The van der Waals surface area contributed by atoms with Crippen molar-refractivity contribution in [3.05, 3.63) is 59.7 Å².